The van der Waals surface area contributed by atoms with Crippen molar-refractivity contribution in [2.45, 2.75) is 130 Å². The van der Waals surface area contributed by atoms with Gasteiger partial charge in [-0.1, -0.05) is 126 Å². The zero-order valence-electron chi connectivity index (χ0n) is 34.5. The molecular weight excluding hydrogens is 639 g/mol. The molecule has 272 valence electrons. The lowest BCUT2D eigenvalue weighted by Gasteiger charge is -2.45. The summed E-state index contributed by atoms with van der Waals surface area (Å²) in [7, 11) is 0. The van der Waals surface area contributed by atoms with E-state index in [1.54, 1.807) is 5.56 Å². The quantitative estimate of drug-likeness (QED) is 0.166. The smallest absolute Gasteiger partial charge is 0.252 e. The molecule has 2 aliphatic heterocycles. The highest BCUT2D eigenvalue weighted by atomic mass is 15.2. The van der Waals surface area contributed by atoms with Crippen LogP contribution in [0.4, 0.5) is 34.1 Å². The summed E-state index contributed by atoms with van der Waals surface area (Å²) in [6.45, 7) is 28.3. The fourth-order valence-corrected chi connectivity index (χ4v) is 8.89. The number of fused-ring (bicyclic) bond motifs is 5. The zero-order chi connectivity index (χ0) is 37.8. The number of hydrogen-bond acceptors (Lipinski definition) is 2. The predicted molar refractivity (Wildman–Crippen MR) is 232 cm³/mol. The molecule has 5 aromatic carbocycles. The summed E-state index contributed by atoms with van der Waals surface area (Å²) < 4.78 is 0. The lowest BCUT2D eigenvalue weighted by Crippen LogP contribution is -2.61. The monoisotopic (exact) mass is 698 g/mol. The van der Waals surface area contributed by atoms with Gasteiger partial charge in [-0.2, -0.15) is 0 Å². The number of anilines is 6. The van der Waals surface area contributed by atoms with Crippen molar-refractivity contribution in [1.82, 2.24) is 0 Å². The van der Waals surface area contributed by atoms with Crippen LogP contribution in [-0.2, 0) is 34.5 Å². The second kappa shape index (κ2) is 12.1. The van der Waals surface area contributed by atoms with Gasteiger partial charge in [0.2, 0.25) is 0 Å². The van der Waals surface area contributed by atoms with Crippen LogP contribution < -0.4 is 26.2 Å². The Labute approximate surface area is 320 Å². The lowest BCUT2D eigenvalue weighted by molar-refractivity contribution is 0.568. The summed E-state index contributed by atoms with van der Waals surface area (Å²) in [5.41, 5.74) is 20.6. The van der Waals surface area contributed by atoms with E-state index < -0.39 is 0 Å². The molecule has 3 heteroatoms. The van der Waals surface area contributed by atoms with E-state index in [9.17, 15) is 0 Å². The van der Waals surface area contributed by atoms with Crippen LogP contribution in [0.3, 0.4) is 0 Å². The van der Waals surface area contributed by atoms with Crippen molar-refractivity contribution in [3.63, 3.8) is 0 Å². The van der Waals surface area contributed by atoms with Gasteiger partial charge in [0.1, 0.15) is 0 Å². The lowest BCUT2D eigenvalue weighted by atomic mass is 9.33. The van der Waals surface area contributed by atoms with Crippen LogP contribution in [0.1, 0.15) is 129 Å². The largest absolute Gasteiger partial charge is 0.311 e. The van der Waals surface area contributed by atoms with Crippen LogP contribution in [0.15, 0.2) is 91.0 Å². The highest BCUT2D eigenvalue weighted by Gasteiger charge is 2.44. The van der Waals surface area contributed by atoms with Gasteiger partial charge in [-0.15, -0.1) is 0 Å². The summed E-state index contributed by atoms with van der Waals surface area (Å²) in [6, 6.07) is 36.3. The van der Waals surface area contributed by atoms with Crippen molar-refractivity contribution in [2.24, 2.45) is 0 Å². The van der Waals surface area contributed by atoms with Crippen molar-refractivity contribution >= 4 is 57.2 Å². The summed E-state index contributed by atoms with van der Waals surface area (Å²) >= 11 is 0. The van der Waals surface area contributed by atoms with Gasteiger partial charge in [-0.3, -0.25) is 0 Å². The fourth-order valence-electron chi connectivity index (χ4n) is 8.89. The van der Waals surface area contributed by atoms with Crippen LogP contribution in [0.5, 0.6) is 0 Å². The first-order valence-corrected chi connectivity index (χ1v) is 20.1. The van der Waals surface area contributed by atoms with E-state index in [2.05, 4.69) is 184 Å². The number of para-hydroxylation sites is 1. The van der Waals surface area contributed by atoms with Crippen molar-refractivity contribution in [2.75, 3.05) is 9.80 Å². The summed E-state index contributed by atoms with van der Waals surface area (Å²) in [5, 5.41) is 0. The minimum atomic E-state index is 0.0155. The number of rotatable bonds is 2. The van der Waals surface area contributed by atoms with E-state index in [0.717, 1.165) is 6.42 Å². The average molecular weight is 699 g/mol. The van der Waals surface area contributed by atoms with Crippen LogP contribution in [-0.4, -0.2) is 6.71 Å². The number of aryl methyl sites for hydroxylation is 2. The molecule has 0 spiro atoms. The molecule has 2 nitrogen and oxygen atoms in total. The van der Waals surface area contributed by atoms with Gasteiger partial charge in [-0.05, 0) is 146 Å². The van der Waals surface area contributed by atoms with Crippen molar-refractivity contribution in [1.29, 1.82) is 0 Å². The van der Waals surface area contributed by atoms with Gasteiger partial charge in [0.25, 0.3) is 6.71 Å². The molecule has 0 unspecified atom stereocenters. The topological polar surface area (TPSA) is 6.48 Å². The molecule has 0 bridgehead atoms. The standard InChI is InChI=1S/C50H59BN2/c1-47(2,3)34-26-35(48(4,5)6)29-38(28-34)52-42-21-16-15-20-40(42)51-41-24-32-18-13-14-19-33(32)25-45(41)53(44-23-17-22-43(52)46(44)51)39-30-36(49(7,8)9)27-37(31-39)50(10,11)12/h15-17,20-31H,13-14,18-19H2,1-12H3. The van der Waals surface area contributed by atoms with E-state index in [1.165, 1.54) is 97.6 Å². The number of benzene rings is 5. The fraction of sp³-hybridized carbons (Fsp3) is 0.400. The van der Waals surface area contributed by atoms with E-state index in [1.807, 2.05) is 0 Å². The summed E-state index contributed by atoms with van der Waals surface area (Å²) in [4.78, 5) is 5.23. The van der Waals surface area contributed by atoms with Crippen LogP contribution in [0.2, 0.25) is 0 Å². The molecule has 0 aromatic heterocycles. The molecule has 0 fully saturated rings. The first kappa shape index (κ1) is 35.8. The molecule has 1 aliphatic carbocycles. The van der Waals surface area contributed by atoms with Crippen molar-refractivity contribution in [3.8, 4) is 0 Å². The van der Waals surface area contributed by atoms with Gasteiger partial charge < -0.3 is 9.80 Å². The first-order valence-electron chi connectivity index (χ1n) is 20.1. The Morgan fingerprint density at radius 2 is 0.830 bits per heavy atom. The molecule has 0 amide bonds. The van der Waals surface area contributed by atoms with Crippen molar-refractivity contribution < 1.29 is 0 Å². The Morgan fingerprint density at radius 3 is 1.30 bits per heavy atom. The van der Waals surface area contributed by atoms with Gasteiger partial charge in [0.15, 0.2) is 0 Å². The highest BCUT2D eigenvalue weighted by molar-refractivity contribution is 7.00. The molecule has 0 N–H and O–H groups in total. The molecule has 0 radical (unpaired) electrons. The minimum absolute atomic E-state index is 0.0155. The average Bonchev–Trinajstić information content (AvgIpc) is 3.09. The number of hydrogen-bond donors (Lipinski definition) is 0. The summed E-state index contributed by atoms with van der Waals surface area (Å²) in [6.07, 6.45) is 4.87. The Bertz CT molecular complexity index is 2180. The zero-order valence-corrected chi connectivity index (χ0v) is 34.5. The van der Waals surface area contributed by atoms with E-state index in [-0.39, 0.29) is 28.4 Å². The molecule has 0 saturated carbocycles. The second-order valence-electron chi connectivity index (χ2n) is 20.3. The van der Waals surface area contributed by atoms with E-state index >= 15 is 0 Å². The summed E-state index contributed by atoms with van der Waals surface area (Å²) in [5.74, 6) is 0. The van der Waals surface area contributed by atoms with E-state index in [4.69, 9.17) is 0 Å². The maximum atomic E-state index is 2.64. The number of nitrogens with zero attached hydrogens (tertiary/aromatic N) is 2. The minimum Gasteiger partial charge on any atom is -0.311 e. The molecule has 5 aromatic rings. The molecule has 2 heterocycles. The van der Waals surface area contributed by atoms with Gasteiger partial charge >= 0.3 is 0 Å². The predicted octanol–water partition coefficient (Wildman–Crippen LogP) is 11.8. The van der Waals surface area contributed by atoms with Crippen LogP contribution in [0, 0.1) is 0 Å². The second-order valence-corrected chi connectivity index (χ2v) is 20.3. The third-order valence-electron chi connectivity index (χ3n) is 12.2. The molecule has 53 heavy (non-hydrogen) atoms. The van der Waals surface area contributed by atoms with Crippen LogP contribution >= 0.6 is 0 Å². The molecule has 8 rings (SSSR count). The Balaban J connectivity index is 1.46. The molecule has 0 saturated heterocycles. The Morgan fingerprint density at radius 1 is 0.415 bits per heavy atom. The molecule has 0 atom stereocenters. The SMILES string of the molecule is CC(C)(C)c1cc(N2c3ccccc3B3c4cc5c(cc4N(c4cc(C(C)(C)C)cc(C(C)(C)C)c4)c4cccc2c43)CCCC5)cc(C(C)(C)C)c1. The van der Waals surface area contributed by atoms with Gasteiger partial charge in [0, 0.05) is 34.1 Å². The van der Waals surface area contributed by atoms with Crippen molar-refractivity contribution in [3.05, 3.63) is 124 Å². The molecular formula is C50H59BN2. The maximum absolute atomic E-state index is 2.64. The Hall–Kier alpha value is -4.24. The highest BCUT2D eigenvalue weighted by Crippen LogP contribution is 2.47. The van der Waals surface area contributed by atoms with Gasteiger partial charge in [-0.25, -0.2) is 0 Å². The molecule has 3 aliphatic rings. The van der Waals surface area contributed by atoms with Crippen LogP contribution in [0.25, 0.3) is 0 Å². The van der Waals surface area contributed by atoms with E-state index in [0.29, 0.717) is 0 Å². The third kappa shape index (κ3) is 6.13. The third-order valence-corrected chi connectivity index (χ3v) is 12.2. The van der Waals surface area contributed by atoms with Gasteiger partial charge in [0.05, 0.1) is 0 Å². The first-order chi connectivity index (χ1) is 24.8. The normalized spacial score (nSPS) is 15.5. The maximum Gasteiger partial charge on any atom is 0.252 e. The Kier molecular flexibility index (Phi) is 8.19.